The second-order valence-electron chi connectivity index (χ2n) is 7.61. The third-order valence-electron chi connectivity index (χ3n) is 5.55. The standard InChI is InChI=1S/C23H33N5O2/c1-4-30-22(29)19-12-15-27(16-13-19)23(24-3)25-14-8-9-20-17-28(26-18(20)2)21-10-6-5-7-11-21/h5-7,10-11,17,19H,4,8-9,12-16H2,1-3H3,(H,24,25). The number of nitrogens with zero attached hydrogens (tertiary/aromatic N) is 4. The van der Waals surface area contributed by atoms with Crippen LogP contribution in [-0.2, 0) is 16.0 Å². The lowest BCUT2D eigenvalue weighted by molar-refractivity contribution is -0.149. The number of ether oxygens (including phenoxy) is 1. The van der Waals surface area contributed by atoms with Gasteiger partial charge in [-0.25, -0.2) is 4.68 Å². The fourth-order valence-corrected chi connectivity index (χ4v) is 3.85. The monoisotopic (exact) mass is 411 g/mol. The van der Waals surface area contributed by atoms with E-state index >= 15 is 0 Å². The zero-order chi connectivity index (χ0) is 21.3. The summed E-state index contributed by atoms with van der Waals surface area (Å²) < 4.78 is 7.10. The first-order valence-electron chi connectivity index (χ1n) is 10.8. The fraction of sp³-hybridized carbons (Fsp3) is 0.522. The number of aliphatic imine (C=N–C) groups is 1. The van der Waals surface area contributed by atoms with E-state index in [1.165, 1.54) is 5.56 Å². The summed E-state index contributed by atoms with van der Waals surface area (Å²) in [6.45, 7) is 6.87. The number of aromatic nitrogens is 2. The number of carbonyl (C=O) groups is 1. The molecule has 1 aliphatic heterocycles. The minimum Gasteiger partial charge on any atom is -0.466 e. The van der Waals surface area contributed by atoms with Crippen molar-refractivity contribution in [3.8, 4) is 5.69 Å². The molecule has 0 bridgehead atoms. The number of hydrogen-bond acceptors (Lipinski definition) is 4. The first-order chi connectivity index (χ1) is 14.6. The van der Waals surface area contributed by atoms with E-state index in [-0.39, 0.29) is 11.9 Å². The molecule has 1 fully saturated rings. The number of rotatable bonds is 7. The van der Waals surface area contributed by atoms with Gasteiger partial charge in [0.25, 0.3) is 0 Å². The Bertz CT molecular complexity index is 839. The largest absolute Gasteiger partial charge is 0.466 e. The highest BCUT2D eigenvalue weighted by atomic mass is 16.5. The van der Waals surface area contributed by atoms with Crippen LogP contribution in [0.5, 0.6) is 0 Å². The Kier molecular flexibility index (Phi) is 7.88. The van der Waals surface area contributed by atoms with Gasteiger partial charge in [-0.2, -0.15) is 5.10 Å². The average Bonchev–Trinajstić information content (AvgIpc) is 3.15. The summed E-state index contributed by atoms with van der Waals surface area (Å²) >= 11 is 0. The molecule has 3 rings (SSSR count). The minimum absolute atomic E-state index is 0.0171. The molecule has 2 heterocycles. The molecule has 1 saturated heterocycles. The Morgan fingerprint density at radius 2 is 2.00 bits per heavy atom. The number of hydrogen-bond donors (Lipinski definition) is 1. The Balaban J connectivity index is 1.44. The van der Waals surface area contributed by atoms with E-state index in [9.17, 15) is 4.79 Å². The van der Waals surface area contributed by atoms with E-state index in [4.69, 9.17) is 4.74 Å². The highest BCUT2D eigenvalue weighted by Crippen LogP contribution is 2.19. The number of carbonyl (C=O) groups excluding carboxylic acids is 1. The average molecular weight is 412 g/mol. The first-order valence-corrected chi connectivity index (χ1v) is 10.8. The lowest BCUT2D eigenvalue weighted by atomic mass is 9.97. The summed E-state index contributed by atoms with van der Waals surface area (Å²) in [6.07, 6.45) is 5.72. The molecule has 0 saturated carbocycles. The van der Waals surface area contributed by atoms with Gasteiger partial charge in [0.1, 0.15) is 0 Å². The van der Waals surface area contributed by atoms with Gasteiger partial charge in [-0.3, -0.25) is 9.79 Å². The fourth-order valence-electron chi connectivity index (χ4n) is 3.85. The lowest BCUT2D eigenvalue weighted by Crippen LogP contribution is -2.47. The van der Waals surface area contributed by atoms with Crippen molar-refractivity contribution in [2.24, 2.45) is 10.9 Å². The van der Waals surface area contributed by atoms with E-state index in [0.29, 0.717) is 6.61 Å². The van der Waals surface area contributed by atoms with Crippen LogP contribution in [0.15, 0.2) is 41.5 Å². The van der Waals surface area contributed by atoms with Crippen molar-refractivity contribution in [2.75, 3.05) is 33.3 Å². The molecular weight excluding hydrogens is 378 g/mol. The molecule has 1 aromatic heterocycles. The van der Waals surface area contributed by atoms with Gasteiger partial charge in [0.2, 0.25) is 0 Å². The van der Waals surface area contributed by atoms with Crippen LogP contribution in [0.2, 0.25) is 0 Å². The molecule has 1 aliphatic rings. The molecule has 0 radical (unpaired) electrons. The van der Waals surface area contributed by atoms with Crippen LogP contribution >= 0.6 is 0 Å². The molecule has 30 heavy (non-hydrogen) atoms. The Hall–Kier alpha value is -2.83. The van der Waals surface area contributed by atoms with Crippen molar-refractivity contribution >= 4 is 11.9 Å². The molecule has 1 N–H and O–H groups in total. The molecule has 7 nitrogen and oxygen atoms in total. The summed E-state index contributed by atoms with van der Waals surface area (Å²) in [6, 6.07) is 10.2. The number of benzene rings is 1. The number of piperidine rings is 1. The highest BCUT2D eigenvalue weighted by molar-refractivity contribution is 5.80. The van der Waals surface area contributed by atoms with Crippen LogP contribution in [0.1, 0.15) is 37.4 Å². The molecule has 7 heteroatoms. The van der Waals surface area contributed by atoms with Crippen LogP contribution in [0, 0.1) is 12.8 Å². The van der Waals surface area contributed by atoms with Crippen molar-refractivity contribution in [2.45, 2.75) is 39.5 Å². The molecule has 0 spiro atoms. The SMILES string of the molecule is CCOC(=O)C1CCN(C(=NC)NCCCc2cn(-c3ccccc3)nc2C)CC1. The zero-order valence-electron chi connectivity index (χ0n) is 18.3. The number of nitrogens with one attached hydrogen (secondary N) is 1. The van der Waals surface area contributed by atoms with Crippen LogP contribution in [0.4, 0.5) is 0 Å². The number of aryl methyl sites for hydroxylation is 2. The van der Waals surface area contributed by atoms with Crippen molar-refractivity contribution in [3.63, 3.8) is 0 Å². The number of para-hydroxylation sites is 1. The lowest BCUT2D eigenvalue weighted by Gasteiger charge is -2.33. The predicted molar refractivity (Wildman–Crippen MR) is 119 cm³/mol. The van der Waals surface area contributed by atoms with Crippen LogP contribution < -0.4 is 5.32 Å². The summed E-state index contributed by atoms with van der Waals surface area (Å²) in [7, 11) is 1.81. The molecule has 1 aromatic carbocycles. The normalized spacial score (nSPS) is 15.3. The first kappa shape index (κ1) is 21.9. The van der Waals surface area contributed by atoms with Crippen LogP contribution in [0.3, 0.4) is 0 Å². The molecule has 0 unspecified atom stereocenters. The topological polar surface area (TPSA) is 71.8 Å². The summed E-state index contributed by atoms with van der Waals surface area (Å²) in [4.78, 5) is 18.6. The third-order valence-corrected chi connectivity index (χ3v) is 5.55. The third kappa shape index (κ3) is 5.62. The smallest absolute Gasteiger partial charge is 0.309 e. The van der Waals surface area contributed by atoms with Gasteiger partial charge in [0.05, 0.1) is 23.9 Å². The van der Waals surface area contributed by atoms with E-state index in [1.807, 2.05) is 36.9 Å². The maximum atomic E-state index is 11.9. The Morgan fingerprint density at radius 3 is 2.67 bits per heavy atom. The molecular formula is C23H33N5O2. The van der Waals surface area contributed by atoms with Gasteiger partial charge in [0, 0.05) is 32.9 Å². The van der Waals surface area contributed by atoms with Crippen molar-refractivity contribution in [1.82, 2.24) is 20.0 Å². The van der Waals surface area contributed by atoms with E-state index in [0.717, 1.165) is 62.7 Å². The van der Waals surface area contributed by atoms with Gasteiger partial charge < -0.3 is 15.0 Å². The molecule has 0 atom stereocenters. The number of likely N-dealkylation sites (tertiary alicyclic amines) is 1. The Morgan fingerprint density at radius 1 is 1.27 bits per heavy atom. The maximum absolute atomic E-state index is 11.9. The van der Waals surface area contributed by atoms with E-state index in [1.54, 1.807) is 0 Å². The molecule has 0 amide bonds. The molecule has 0 aliphatic carbocycles. The van der Waals surface area contributed by atoms with Crippen molar-refractivity contribution in [3.05, 3.63) is 47.8 Å². The van der Waals surface area contributed by atoms with Crippen molar-refractivity contribution in [1.29, 1.82) is 0 Å². The van der Waals surface area contributed by atoms with Gasteiger partial charge in [-0.1, -0.05) is 18.2 Å². The quantitative estimate of drug-likeness (QED) is 0.328. The summed E-state index contributed by atoms with van der Waals surface area (Å²) in [5.74, 6) is 0.865. The molecule has 162 valence electrons. The van der Waals surface area contributed by atoms with Gasteiger partial charge in [-0.15, -0.1) is 0 Å². The van der Waals surface area contributed by atoms with Gasteiger partial charge in [0.15, 0.2) is 5.96 Å². The van der Waals surface area contributed by atoms with Crippen molar-refractivity contribution < 1.29 is 9.53 Å². The second kappa shape index (κ2) is 10.8. The van der Waals surface area contributed by atoms with E-state index < -0.39 is 0 Å². The predicted octanol–water partition coefficient (Wildman–Crippen LogP) is 2.96. The van der Waals surface area contributed by atoms with Gasteiger partial charge in [-0.05, 0) is 57.2 Å². The summed E-state index contributed by atoms with van der Waals surface area (Å²) in [5, 5.41) is 8.11. The molecule has 2 aromatic rings. The minimum atomic E-state index is -0.0634. The van der Waals surface area contributed by atoms with E-state index in [2.05, 4.69) is 45.6 Å². The van der Waals surface area contributed by atoms with Crippen LogP contribution in [-0.4, -0.2) is 59.9 Å². The van der Waals surface area contributed by atoms with Gasteiger partial charge >= 0.3 is 5.97 Å². The highest BCUT2D eigenvalue weighted by Gasteiger charge is 2.27. The summed E-state index contributed by atoms with van der Waals surface area (Å²) in [5.41, 5.74) is 3.42. The second-order valence-corrected chi connectivity index (χ2v) is 7.61. The Labute approximate surface area is 179 Å². The number of guanidine groups is 1. The zero-order valence-corrected chi connectivity index (χ0v) is 18.3. The van der Waals surface area contributed by atoms with Crippen LogP contribution in [0.25, 0.3) is 5.69 Å². The maximum Gasteiger partial charge on any atom is 0.309 e. The number of esters is 1.